The van der Waals surface area contributed by atoms with Gasteiger partial charge in [-0.1, -0.05) is 12.5 Å². The van der Waals surface area contributed by atoms with Crippen molar-refractivity contribution in [2.24, 2.45) is 17.8 Å². The molecular weight excluding hydrogens is 252 g/mol. The first-order chi connectivity index (χ1) is 9.72. The zero-order chi connectivity index (χ0) is 13.7. The van der Waals surface area contributed by atoms with Crippen LogP contribution in [-0.2, 0) is 6.54 Å². The highest BCUT2D eigenvalue weighted by Crippen LogP contribution is 2.49. The van der Waals surface area contributed by atoms with Crippen molar-refractivity contribution < 1.29 is 9.90 Å². The highest BCUT2D eigenvalue weighted by atomic mass is 16.4. The second-order valence-electron chi connectivity index (χ2n) is 6.31. The minimum absolute atomic E-state index is 0.364. The lowest BCUT2D eigenvalue weighted by molar-refractivity contribution is 0.0698. The number of carboxylic acid groups (broad SMARTS) is 1. The Kier molecular flexibility index (Phi) is 2.59. The van der Waals surface area contributed by atoms with Crippen LogP contribution in [0.4, 0.5) is 0 Å². The summed E-state index contributed by atoms with van der Waals surface area (Å²) >= 11 is 0. The van der Waals surface area contributed by atoms with E-state index in [-0.39, 0.29) is 0 Å². The lowest BCUT2D eigenvalue weighted by Crippen LogP contribution is -2.17. The first-order valence-corrected chi connectivity index (χ1v) is 7.39. The molecule has 0 aliphatic heterocycles. The number of nitrogens with zero attached hydrogens (tertiary/aromatic N) is 2. The van der Waals surface area contributed by atoms with E-state index < -0.39 is 5.97 Å². The van der Waals surface area contributed by atoms with Crippen LogP contribution in [0.3, 0.4) is 0 Å². The van der Waals surface area contributed by atoms with Crippen LogP contribution in [0, 0.1) is 17.8 Å². The van der Waals surface area contributed by atoms with E-state index in [1.807, 2.05) is 12.4 Å². The Labute approximate surface area is 117 Å². The quantitative estimate of drug-likeness (QED) is 0.932. The van der Waals surface area contributed by atoms with Gasteiger partial charge in [-0.2, -0.15) is 0 Å². The van der Waals surface area contributed by atoms with Gasteiger partial charge in [-0.05, 0) is 49.1 Å². The fourth-order valence-corrected chi connectivity index (χ4v) is 4.29. The van der Waals surface area contributed by atoms with Gasteiger partial charge < -0.3 is 9.67 Å². The number of imidazole rings is 1. The monoisotopic (exact) mass is 270 g/mol. The molecule has 20 heavy (non-hydrogen) atoms. The molecule has 104 valence electrons. The number of para-hydroxylation sites is 1. The topological polar surface area (TPSA) is 55.1 Å². The van der Waals surface area contributed by atoms with Crippen LogP contribution in [0.2, 0.25) is 0 Å². The van der Waals surface area contributed by atoms with E-state index in [4.69, 9.17) is 0 Å². The third-order valence-electron chi connectivity index (χ3n) is 5.18. The molecule has 1 N–H and O–H groups in total. The van der Waals surface area contributed by atoms with Crippen molar-refractivity contribution in [3.8, 4) is 0 Å². The molecule has 4 rings (SSSR count). The Morgan fingerprint density at radius 3 is 2.95 bits per heavy atom. The van der Waals surface area contributed by atoms with Crippen LogP contribution in [0.25, 0.3) is 11.0 Å². The highest BCUT2D eigenvalue weighted by molar-refractivity contribution is 6.01. The molecule has 3 atom stereocenters. The molecule has 2 saturated carbocycles. The Bertz CT molecular complexity index is 676. The van der Waals surface area contributed by atoms with Gasteiger partial charge in [-0.15, -0.1) is 0 Å². The SMILES string of the molecule is O=C(O)c1cccc2ncn(CC3CC4CCC3C4)c12. The number of hydrogen-bond acceptors (Lipinski definition) is 2. The fraction of sp³-hybridized carbons (Fsp3) is 0.500. The van der Waals surface area contributed by atoms with E-state index in [1.54, 1.807) is 12.1 Å². The maximum atomic E-state index is 11.4. The number of benzene rings is 1. The first-order valence-electron chi connectivity index (χ1n) is 7.39. The second-order valence-corrected chi connectivity index (χ2v) is 6.31. The summed E-state index contributed by atoms with van der Waals surface area (Å²) in [5.41, 5.74) is 1.93. The highest BCUT2D eigenvalue weighted by Gasteiger charge is 2.39. The summed E-state index contributed by atoms with van der Waals surface area (Å²) in [5, 5.41) is 9.35. The molecule has 2 fully saturated rings. The maximum absolute atomic E-state index is 11.4. The molecule has 0 spiro atoms. The predicted molar refractivity (Wildman–Crippen MR) is 75.6 cm³/mol. The van der Waals surface area contributed by atoms with Gasteiger partial charge >= 0.3 is 5.97 Å². The summed E-state index contributed by atoms with van der Waals surface area (Å²) in [7, 11) is 0. The number of rotatable bonds is 3. The van der Waals surface area contributed by atoms with E-state index in [9.17, 15) is 9.90 Å². The Hall–Kier alpha value is -1.84. The summed E-state index contributed by atoms with van der Waals surface area (Å²) in [6, 6.07) is 5.32. The van der Waals surface area contributed by atoms with Gasteiger partial charge in [0.1, 0.15) is 0 Å². The molecule has 2 aromatic rings. The average Bonchev–Trinajstić information content (AvgIpc) is 3.14. The number of carbonyl (C=O) groups is 1. The molecule has 0 amide bonds. The van der Waals surface area contributed by atoms with E-state index in [1.165, 1.54) is 25.7 Å². The lowest BCUT2D eigenvalue weighted by atomic mass is 9.89. The van der Waals surface area contributed by atoms with E-state index in [0.717, 1.165) is 29.4 Å². The van der Waals surface area contributed by atoms with Crippen molar-refractivity contribution in [3.63, 3.8) is 0 Å². The van der Waals surface area contributed by atoms with Gasteiger partial charge in [0.15, 0.2) is 0 Å². The molecule has 2 aliphatic rings. The van der Waals surface area contributed by atoms with Gasteiger partial charge in [0.2, 0.25) is 0 Å². The summed E-state index contributed by atoms with van der Waals surface area (Å²) in [6.45, 7) is 0.919. The van der Waals surface area contributed by atoms with Crippen molar-refractivity contribution in [3.05, 3.63) is 30.1 Å². The molecule has 4 nitrogen and oxygen atoms in total. The van der Waals surface area contributed by atoms with Crippen LogP contribution in [-0.4, -0.2) is 20.6 Å². The van der Waals surface area contributed by atoms with Crippen molar-refractivity contribution >= 4 is 17.0 Å². The normalized spacial score (nSPS) is 28.3. The largest absolute Gasteiger partial charge is 0.478 e. The Morgan fingerprint density at radius 2 is 2.25 bits per heavy atom. The Morgan fingerprint density at radius 1 is 1.35 bits per heavy atom. The van der Waals surface area contributed by atoms with E-state index >= 15 is 0 Å². The molecule has 3 unspecified atom stereocenters. The minimum atomic E-state index is -0.870. The third kappa shape index (κ3) is 1.74. The maximum Gasteiger partial charge on any atom is 0.337 e. The van der Waals surface area contributed by atoms with Crippen LogP contribution < -0.4 is 0 Å². The third-order valence-corrected chi connectivity index (χ3v) is 5.18. The molecule has 1 aromatic heterocycles. The fourth-order valence-electron chi connectivity index (χ4n) is 4.29. The summed E-state index contributed by atoms with van der Waals surface area (Å²) in [4.78, 5) is 15.8. The van der Waals surface area contributed by atoms with Gasteiger partial charge in [0, 0.05) is 6.54 Å². The number of aromatic nitrogens is 2. The van der Waals surface area contributed by atoms with Gasteiger partial charge in [-0.3, -0.25) is 0 Å². The molecule has 2 bridgehead atoms. The van der Waals surface area contributed by atoms with Crippen molar-refractivity contribution in [1.29, 1.82) is 0 Å². The molecule has 1 aromatic carbocycles. The minimum Gasteiger partial charge on any atom is -0.478 e. The number of carboxylic acids is 1. The van der Waals surface area contributed by atoms with Crippen LogP contribution in [0.5, 0.6) is 0 Å². The zero-order valence-corrected chi connectivity index (χ0v) is 11.3. The summed E-state index contributed by atoms with van der Waals surface area (Å²) in [5.74, 6) is 1.59. The first kappa shape index (κ1) is 11.9. The smallest absolute Gasteiger partial charge is 0.337 e. The van der Waals surface area contributed by atoms with Crippen LogP contribution >= 0.6 is 0 Å². The van der Waals surface area contributed by atoms with Gasteiger partial charge in [-0.25, -0.2) is 9.78 Å². The Balaban J connectivity index is 1.71. The van der Waals surface area contributed by atoms with Crippen LogP contribution in [0.1, 0.15) is 36.0 Å². The van der Waals surface area contributed by atoms with Crippen molar-refractivity contribution in [2.75, 3.05) is 0 Å². The molecule has 2 aliphatic carbocycles. The molecular formula is C16H18N2O2. The van der Waals surface area contributed by atoms with Crippen molar-refractivity contribution in [1.82, 2.24) is 9.55 Å². The van der Waals surface area contributed by atoms with E-state index in [0.29, 0.717) is 11.5 Å². The molecule has 1 heterocycles. The lowest BCUT2D eigenvalue weighted by Gasteiger charge is -2.22. The number of hydrogen-bond donors (Lipinski definition) is 1. The summed E-state index contributed by atoms with van der Waals surface area (Å²) < 4.78 is 2.06. The van der Waals surface area contributed by atoms with Crippen LogP contribution in [0.15, 0.2) is 24.5 Å². The molecule has 0 saturated heterocycles. The molecule has 4 heteroatoms. The van der Waals surface area contributed by atoms with E-state index in [2.05, 4.69) is 9.55 Å². The summed E-state index contributed by atoms with van der Waals surface area (Å²) in [6.07, 6.45) is 7.24. The van der Waals surface area contributed by atoms with Gasteiger partial charge in [0.25, 0.3) is 0 Å². The number of fused-ring (bicyclic) bond motifs is 3. The standard InChI is InChI=1S/C16H18N2O2/c19-16(20)13-2-1-3-14-15(13)18(9-17-14)8-12-7-10-4-5-11(12)6-10/h1-3,9-12H,4-8H2,(H,19,20). The average molecular weight is 270 g/mol. The van der Waals surface area contributed by atoms with Gasteiger partial charge in [0.05, 0.1) is 22.9 Å². The molecule has 0 radical (unpaired) electrons. The van der Waals surface area contributed by atoms with Crippen molar-refractivity contribution in [2.45, 2.75) is 32.2 Å². The second kappa shape index (κ2) is 4.33. The zero-order valence-electron chi connectivity index (χ0n) is 11.3. The predicted octanol–water partition coefficient (Wildman–Crippen LogP) is 3.17. The number of aromatic carboxylic acids is 1.